The summed E-state index contributed by atoms with van der Waals surface area (Å²) in [6.07, 6.45) is 6.54. The fraction of sp³-hybridized carbons (Fsp3) is 0.500. The van der Waals surface area contributed by atoms with E-state index < -0.39 is 11.6 Å². The largest absolute Gasteiger partial charge is 0.341 e. The molecule has 4 nitrogen and oxygen atoms in total. The summed E-state index contributed by atoms with van der Waals surface area (Å²) in [5.41, 5.74) is 0. The van der Waals surface area contributed by atoms with Gasteiger partial charge in [-0.2, -0.15) is 0 Å². The molecule has 0 aromatic heterocycles. The molecule has 0 saturated heterocycles. The van der Waals surface area contributed by atoms with Gasteiger partial charge in [0.15, 0.2) is 0 Å². The van der Waals surface area contributed by atoms with Crippen LogP contribution >= 0.6 is 0 Å². The normalized spacial score (nSPS) is 11.9. The summed E-state index contributed by atoms with van der Waals surface area (Å²) >= 11 is 0. The zero-order chi connectivity index (χ0) is 15.5. The van der Waals surface area contributed by atoms with Crippen LogP contribution in [0.15, 0.2) is 50.6 Å². The smallest absolute Gasteiger partial charge is 0.221 e. The summed E-state index contributed by atoms with van der Waals surface area (Å²) in [6, 6.07) is 0. The molecule has 0 unspecified atom stereocenters. The number of ether oxygens (including phenoxy) is 4. The first kappa shape index (κ1) is 18.8. The van der Waals surface area contributed by atoms with E-state index in [2.05, 4.69) is 26.3 Å². The Morgan fingerprint density at radius 2 is 0.800 bits per heavy atom. The van der Waals surface area contributed by atoms with Gasteiger partial charge in [-0.3, -0.25) is 0 Å². The second-order valence-electron chi connectivity index (χ2n) is 4.29. The van der Waals surface area contributed by atoms with E-state index in [0.29, 0.717) is 26.4 Å². The lowest BCUT2D eigenvalue weighted by atomic mass is 10.1. The maximum atomic E-state index is 5.73. The molecule has 0 spiro atoms. The Morgan fingerprint density at radius 1 is 0.600 bits per heavy atom. The quantitative estimate of drug-likeness (QED) is 0.384. The van der Waals surface area contributed by atoms with Crippen molar-refractivity contribution in [3.05, 3.63) is 50.6 Å². The molecule has 0 bridgehead atoms. The van der Waals surface area contributed by atoms with Crippen molar-refractivity contribution in [1.29, 1.82) is 0 Å². The minimum Gasteiger partial charge on any atom is -0.341 e. The fourth-order valence-corrected chi connectivity index (χ4v) is 1.48. The first-order valence-electron chi connectivity index (χ1n) is 6.49. The molecule has 0 heterocycles. The van der Waals surface area contributed by atoms with Gasteiger partial charge in [-0.25, -0.2) is 0 Å². The Labute approximate surface area is 122 Å². The Balaban J connectivity index is 5.20. The highest BCUT2D eigenvalue weighted by Gasteiger charge is 2.49. The van der Waals surface area contributed by atoms with Crippen LogP contribution in [0.25, 0.3) is 0 Å². The van der Waals surface area contributed by atoms with Crippen molar-refractivity contribution in [2.45, 2.75) is 25.4 Å². The van der Waals surface area contributed by atoms with Crippen molar-refractivity contribution in [2.24, 2.45) is 0 Å². The van der Waals surface area contributed by atoms with E-state index in [1.54, 1.807) is 38.2 Å². The molecule has 0 N–H and O–H groups in total. The van der Waals surface area contributed by atoms with Gasteiger partial charge in [0.2, 0.25) is 11.6 Å². The molecule has 114 valence electrons. The highest BCUT2D eigenvalue weighted by molar-refractivity contribution is 4.87. The first-order valence-corrected chi connectivity index (χ1v) is 6.49. The van der Waals surface area contributed by atoms with Crippen molar-refractivity contribution in [3.63, 3.8) is 0 Å². The van der Waals surface area contributed by atoms with Gasteiger partial charge in [0.05, 0.1) is 26.4 Å². The summed E-state index contributed by atoms with van der Waals surface area (Å²) in [7, 11) is 0. The molecule has 0 aliphatic heterocycles. The second-order valence-corrected chi connectivity index (χ2v) is 4.29. The van der Waals surface area contributed by atoms with Crippen LogP contribution < -0.4 is 0 Å². The van der Waals surface area contributed by atoms with Crippen molar-refractivity contribution in [1.82, 2.24) is 0 Å². The summed E-state index contributed by atoms with van der Waals surface area (Å²) in [5, 5.41) is 0. The van der Waals surface area contributed by atoms with E-state index in [1.165, 1.54) is 0 Å². The highest BCUT2D eigenvalue weighted by atomic mass is 16.8. The van der Waals surface area contributed by atoms with Gasteiger partial charge >= 0.3 is 0 Å². The molecule has 0 aliphatic carbocycles. The van der Waals surface area contributed by atoms with E-state index in [1.807, 2.05) is 0 Å². The van der Waals surface area contributed by atoms with Gasteiger partial charge in [-0.15, -0.1) is 26.3 Å². The maximum absolute atomic E-state index is 5.73. The Hall–Kier alpha value is -1.20. The third kappa shape index (κ3) is 5.43. The number of rotatable bonds is 13. The SMILES string of the molecule is C=CCOC(C)(OCC=C)C(C)(OCC=C)OCC=C. The molecule has 0 atom stereocenters. The van der Waals surface area contributed by atoms with Crippen LogP contribution in [0.1, 0.15) is 13.8 Å². The van der Waals surface area contributed by atoms with Crippen LogP contribution in [0.5, 0.6) is 0 Å². The molecule has 0 saturated carbocycles. The lowest BCUT2D eigenvalue weighted by molar-refractivity contribution is -0.388. The highest BCUT2D eigenvalue weighted by Crippen LogP contribution is 2.32. The van der Waals surface area contributed by atoms with Crippen LogP contribution in [0.2, 0.25) is 0 Å². The minimum absolute atomic E-state index is 0.304. The molecular formula is C16H26O4. The summed E-state index contributed by atoms with van der Waals surface area (Å²) in [5.74, 6) is -2.25. The number of hydrogen-bond acceptors (Lipinski definition) is 4. The van der Waals surface area contributed by atoms with Crippen molar-refractivity contribution < 1.29 is 18.9 Å². The Bertz CT molecular complexity index is 266. The zero-order valence-corrected chi connectivity index (χ0v) is 12.6. The Morgan fingerprint density at radius 3 is 0.950 bits per heavy atom. The monoisotopic (exact) mass is 282 g/mol. The van der Waals surface area contributed by atoms with Gasteiger partial charge in [0.1, 0.15) is 0 Å². The van der Waals surface area contributed by atoms with E-state index in [9.17, 15) is 0 Å². The van der Waals surface area contributed by atoms with Gasteiger partial charge < -0.3 is 18.9 Å². The molecule has 4 heteroatoms. The third-order valence-electron chi connectivity index (χ3n) is 2.73. The molecule has 0 aliphatic rings. The van der Waals surface area contributed by atoms with Crippen LogP contribution in [0, 0.1) is 0 Å². The van der Waals surface area contributed by atoms with Crippen LogP contribution in [0.4, 0.5) is 0 Å². The molecule has 0 radical (unpaired) electrons. The van der Waals surface area contributed by atoms with E-state index >= 15 is 0 Å². The van der Waals surface area contributed by atoms with Crippen molar-refractivity contribution >= 4 is 0 Å². The van der Waals surface area contributed by atoms with Crippen LogP contribution in [-0.4, -0.2) is 38.0 Å². The summed E-state index contributed by atoms with van der Waals surface area (Å²) < 4.78 is 22.9. The van der Waals surface area contributed by atoms with Gasteiger partial charge in [0.25, 0.3) is 0 Å². The maximum Gasteiger partial charge on any atom is 0.221 e. The topological polar surface area (TPSA) is 36.9 Å². The predicted octanol–water partition coefficient (Wildman–Crippen LogP) is 3.23. The van der Waals surface area contributed by atoms with E-state index in [-0.39, 0.29) is 0 Å². The first-order chi connectivity index (χ1) is 9.49. The van der Waals surface area contributed by atoms with Crippen LogP contribution in [-0.2, 0) is 18.9 Å². The number of hydrogen-bond donors (Lipinski definition) is 0. The minimum atomic E-state index is -1.12. The van der Waals surface area contributed by atoms with Crippen LogP contribution in [0.3, 0.4) is 0 Å². The lowest BCUT2D eigenvalue weighted by Crippen LogP contribution is -2.57. The summed E-state index contributed by atoms with van der Waals surface area (Å²) in [6.45, 7) is 19.3. The van der Waals surface area contributed by atoms with Gasteiger partial charge in [-0.1, -0.05) is 24.3 Å². The summed E-state index contributed by atoms with van der Waals surface area (Å²) in [4.78, 5) is 0. The third-order valence-corrected chi connectivity index (χ3v) is 2.73. The van der Waals surface area contributed by atoms with Crippen molar-refractivity contribution in [2.75, 3.05) is 26.4 Å². The van der Waals surface area contributed by atoms with E-state index in [0.717, 1.165) is 0 Å². The molecule has 0 aromatic carbocycles. The molecular weight excluding hydrogens is 256 g/mol. The predicted molar refractivity (Wildman–Crippen MR) is 81.4 cm³/mol. The van der Waals surface area contributed by atoms with Crippen molar-refractivity contribution in [3.8, 4) is 0 Å². The van der Waals surface area contributed by atoms with E-state index in [4.69, 9.17) is 18.9 Å². The molecule has 0 aromatic rings. The van der Waals surface area contributed by atoms with Gasteiger partial charge in [-0.05, 0) is 13.8 Å². The molecule has 0 rings (SSSR count). The second kappa shape index (κ2) is 9.66. The molecule has 20 heavy (non-hydrogen) atoms. The molecule has 0 amide bonds. The van der Waals surface area contributed by atoms with Gasteiger partial charge in [0, 0.05) is 0 Å². The molecule has 0 fully saturated rings. The fourth-order valence-electron chi connectivity index (χ4n) is 1.48. The Kier molecular flexibility index (Phi) is 9.08. The standard InChI is InChI=1S/C16H26O4/c1-7-11-17-15(5,18-12-8-2)16(6,19-13-9-3)20-14-10-4/h7-10H,1-4,11-14H2,5-6H3. The zero-order valence-electron chi connectivity index (χ0n) is 12.6. The average Bonchev–Trinajstić information content (AvgIpc) is 2.46. The average molecular weight is 282 g/mol. The lowest BCUT2D eigenvalue weighted by Gasteiger charge is -2.44.